The Morgan fingerprint density at radius 2 is 1.45 bits per heavy atom. The number of methoxy groups -OCH3 is 2. The van der Waals surface area contributed by atoms with E-state index in [1.807, 2.05) is 72.8 Å². The summed E-state index contributed by atoms with van der Waals surface area (Å²) in [4.78, 5) is 5.20. The molecule has 0 saturated heterocycles. The van der Waals surface area contributed by atoms with Crippen LogP contribution in [0.1, 0.15) is 37.4 Å². The average Bonchev–Trinajstić information content (AvgIpc) is 3.66. The molecule has 0 spiro atoms. The number of hydrogen-bond donors (Lipinski definition) is 0. The second kappa shape index (κ2) is 11.8. The van der Waals surface area contributed by atoms with Crippen LogP contribution in [0.4, 0.5) is 5.13 Å². The van der Waals surface area contributed by atoms with E-state index in [1.165, 1.54) is 15.6 Å². The first-order valence-electron chi connectivity index (χ1n) is 13.1. The molecule has 10 heteroatoms. The van der Waals surface area contributed by atoms with Gasteiger partial charge < -0.3 is 9.47 Å². The molecule has 3 aromatic carbocycles. The van der Waals surface area contributed by atoms with Gasteiger partial charge in [0.15, 0.2) is 0 Å². The summed E-state index contributed by atoms with van der Waals surface area (Å²) < 4.78 is 37.9. The molecule has 40 heavy (non-hydrogen) atoms. The molecule has 0 bridgehead atoms. The van der Waals surface area contributed by atoms with E-state index in [4.69, 9.17) is 19.6 Å². The minimum atomic E-state index is -3.52. The number of ether oxygens (including phenoxy) is 2. The lowest BCUT2D eigenvalue weighted by molar-refractivity contribution is 0.414. The van der Waals surface area contributed by atoms with Gasteiger partial charge in [0.1, 0.15) is 11.5 Å². The quantitative estimate of drug-likeness (QED) is 0.223. The third kappa shape index (κ3) is 5.47. The summed E-state index contributed by atoms with van der Waals surface area (Å²) in [7, 11) is -0.204. The van der Waals surface area contributed by atoms with Gasteiger partial charge in [0.05, 0.1) is 36.6 Å². The van der Waals surface area contributed by atoms with Crippen molar-refractivity contribution in [2.24, 2.45) is 5.10 Å². The standard InChI is InChI=1S/C30H32N4O4S2/c1-5-33(6-2)40(35,36)26-17-11-22(12-18-26)28-20-39-30(31-28)34-29(23-9-15-25(38-4)16-10-23)19-27(32-34)21-7-13-24(37-3)14-8-21/h7-18,20,29H,5-6,19H2,1-4H3. The fourth-order valence-electron chi connectivity index (χ4n) is 4.74. The number of hydrazone groups is 1. The summed E-state index contributed by atoms with van der Waals surface area (Å²) in [5.41, 5.74) is 4.72. The van der Waals surface area contributed by atoms with E-state index in [9.17, 15) is 8.42 Å². The highest BCUT2D eigenvalue weighted by molar-refractivity contribution is 7.89. The Bertz CT molecular complexity index is 1580. The fourth-order valence-corrected chi connectivity index (χ4v) is 7.03. The topological polar surface area (TPSA) is 84.3 Å². The Balaban J connectivity index is 1.46. The number of anilines is 1. The molecule has 2 heterocycles. The molecular formula is C30H32N4O4S2. The molecule has 4 aromatic rings. The van der Waals surface area contributed by atoms with Gasteiger partial charge in [0, 0.05) is 30.5 Å². The van der Waals surface area contributed by atoms with E-state index in [-0.39, 0.29) is 10.9 Å². The van der Waals surface area contributed by atoms with Gasteiger partial charge in [-0.05, 0) is 59.7 Å². The van der Waals surface area contributed by atoms with E-state index in [0.717, 1.165) is 44.7 Å². The first kappa shape index (κ1) is 27.8. The Kier molecular flexibility index (Phi) is 8.20. The molecule has 0 fully saturated rings. The van der Waals surface area contributed by atoms with E-state index in [2.05, 4.69) is 12.1 Å². The number of aromatic nitrogens is 1. The highest BCUT2D eigenvalue weighted by Crippen LogP contribution is 2.40. The van der Waals surface area contributed by atoms with Gasteiger partial charge in [-0.1, -0.05) is 38.1 Å². The molecule has 208 valence electrons. The van der Waals surface area contributed by atoms with E-state index in [0.29, 0.717) is 19.5 Å². The largest absolute Gasteiger partial charge is 0.497 e. The number of rotatable bonds is 10. The molecule has 0 N–H and O–H groups in total. The summed E-state index contributed by atoms with van der Waals surface area (Å²) in [6, 6.07) is 22.8. The van der Waals surface area contributed by atoms with Crippen molar-refractivity contribution < 1.29 is 17.9 Å². The molecule has 0 aliphatic carbocycles. The SMILES string of the molecule is CCN(CC)S(=O)(=O)c1ccc(-c2csc(N3N=C(c4ccc(OC)cc4)CC3c3ccc(OC)cc3)n2)cc1. The Morgan fingerprint density at radius 3 is 2.02 bits per heavy atom. The smallest absolute Gasteiger partial charge is 0.243 e. The van der Waals surface area contributed by atoms with Crippen LogP contribution in [0.5, 0.6) is 11.5 Å². The van der Waals surface area contributed by atoms with Crippen molar-refractivity contribution in [3.05, 3.63) is 89.3 Å². The Hall–Kier alpha value is -3.73. The summed E-state index contributed by atoms with van der Waals surface area (Å²) in [6.45, 7) is 4.54. The molecule has 5 rings (SSSR count). The van der Waals surface area contributed by atoms with Crippen molar-refractivity contribution >= 4 is 32.2 Å². The first-order valence-corrected chi connectivity index (χ1v) is 15.4. The van der Waals surface area contributed by atoms with Gasteiger partial charge in [0.25, 0.3) is 0 Å². The number of thiazole rings is 1. The van der Waals surface area contributed by atoms with Crippen molar-refractivity contribution in [3.8, 4) is 22.8 Å². The number of sulfonamides is 1. The Labute approximate surface area is 239 Å². The van der Waals surface area contributed by atoms with Gasteiger partial charge in [-0.15, -0.1) is 11.3 Å². The number of hydrogen-bond acceptors (Lipinski definition) is 8. The monoisotopic (exact) mass is 576 g/mol. The van der Waals surface area contributed by atoms with Crippen LogP contribution in [-0.4, -0.2) is 50.7 Å². The van der Waals surface area contributed by atoms with E-state index < -0.39 is 10.0 Å². The molecule has 0 amide bonds. The maximum Gasteiger partial charge on any atom is 0.243 e. The second-order valence-corrected chi connectivity index (χ2v) is 12.0. The molecule has 1 unspecified atom stereocenters. The summed E-state index contributed by atoms with van der Waals surface area (Å²) in [5.74, 6) is 1.60. The second-order valence-electron chi connectivity index (χ2n) is 9.24. The minimum absolute atomic E-state index is 0.0383. The molecule has 0 radical (unpaired) electrons. The zero-order chi connectivity index (χ0) is 28.3. The predicted octanol–water partition coefficient (Wildman–Crippen LogP) is 6.21. The fraction of sp³-hybridized carbons (Fsp3) is 0.267. The molecule has 1 aliphatic heterocycles. The summed E-state index contributed by atoms with van der Waals surface area (Å²) in [5, 5.41) is 9.74. The lowest BCUT2D eigenvalue weighted by Gasteiger charge is -2.21. The van der Waals surface area contributed by atoms with Crippen molar-refractivity contribution in [1.29, 1.82) is 0 Å². The van der Waals surface area contributed by atoms with Gasteiger partial charge in [-0.2, -0.15) is 9.41 Å². The van der Waals surface area contributed by atoms with Crippen molar-refractivity contribution in [1.82, 2.24) is 9.29 Å². The molecule has 0 saturated carbocycles. The highest BCUT2D eigenvalue weighted by Gasteiger charge is 2.32. The van der Waals surface area contributed by atoms with Gasteiger partial charge in [-0.3, -0.25) is 0 Å². The maximum absolute atomic E-state index is 12.9. The molecule has 1 aliphatic rings. The number of nitrogens with zero attached hydrogens (tertiary/aromatic N) is 4. The van der Waals surface area contributed by atoms with Crippen LogP contribution in [0.3, 0.4) is 0 Å². The molecular weight excluding hydrogens is 544 g/mol. The van der Waals surface area contributed by atoms with Crippen molar-refractivity contribution in [2.45, 2.75) is 31.2 Å². The minimum Gasteiger partial charge on any atom is -0.497 e. The van der Waals surface area contributed by atoms with E-state index in [1.54, 1.807) is 26.4 Å². The van der Waals surface area contributed by atoms with Crippen LogP contribution in [0, 0.1) is 0 Å². The first-order chi connectivity index (χ1) is 19.4. The summed E-state index contributed by atoms with van der Waals surface area (Å²) in [6.07, 6.45) is 0.714. The highest BCUT2D eigenvalue weighted by atomic mass is 32.2. The van der Waals surface area contributed by atoms with Gasteiger partial charge >= 0.3 is 0 Å². The van der Waals surface area contributed by atoms with Crippen LogP contribution in [0.15, 0.2) is 88.2 Å². The lowest BCUT2D eigenvalue weighted by Crippen LogP contribution is -2.30. The van der Waals surface area contributed by atoms with Crippen LogP contribution in [-0.2, 0) is 10.0 Å². The van der Waals surface area contributed by atoms with Crippen LogP contribution >= 0.6 is 11.3 Å². The lowest BCUT2D eigenvalue weighted by atomic mass is 9.98. The average molecular weight is 577 g/mol. The predicted molar refractivity (Wildman–Crippen MR) is 160 cm³/mol. The van der Waals surface area contributed by atoms with Crippen LogP contribution < -0.4 is 14.5 Å². The van der Waals surface area contributed by atoms with Crippen molar-refractivity contribution in [3.63, 3.8) is 0 Å². The normalized spacial score (nSPS) is 15.4. The maximum atomic E-state index is 12.9. The number of benzene rings is 3. The molecule has 8 nitrogen and oxygen atoms in total. The van der Waals surface area contributed by atoms with Crippen LogP contribution in [0.2, 0.25) is 0 Å². The Morgan fingerprint density at radius 1 is 0.875 bits per heavy atom. The molecule has 1 atom stereocenters. The molecule has 1 aromatic heterocycles. The van der Waals surface area contributed by atoms with E-state index >= 15 is 0 Å². The van der Waals surface area contributed by atoms with Crippen molar-refractivity contribution in [2.75, 3.05) is 32.3 Å². The zero-order valence-corrected chi connectivity index (χ0v) is 24.6. The van der Waals surface area contributed by atoms with Crippen LogP contribution in [0.25, 0.3) is 11.3 Å². The zero-order valence-electron chi connectivity index (χ0n) is 22.9. The third-order valence-corrected chi connectivity index (χ3v) is 9.91. The van der Waals surface area contributed by atoms with Gasteiger partial charge in [0.2, 0.25) is 15.2 Å². The third-order valence-electron chi connectivity index (χ3n) is 7.02. The summed E-state index contributed by atoms with van der Waals surface area (Å²) >= 11 is 1.51. The van der Waals surface area contributed by atoms with Gasteiger partial charge in [-0.25, -0.2) is 18.4 Å².